The monoisotopic (exact) mass is 366 g/mol. The topological polar surface area (TPSA) is 54.6 Å². The van der Waals surface area contributed by atoms with Gasteiger partial charge in [-0.1, -0.05) is 37.4 Å². The number of aromatic nitrogens is 2. The van der Waals surface area contributed by atoms with Crippen molar-refractivity contribution in [1.29, 1.82) is 0 Å². The average Bonchev–Trinajstić information content (AvgIpc) is 3.04. The van der Waals surface area contributed by atoms with E-state index >= 15 is 0 Å². The summed E-state index contributed by atoms with van der Waals surface area (Å²) >= 11 is 6.16. The first-order chi connectivity index (χ1) is 12.4. The van der Waals surface area contributed by atoms with Crippen molar-refractivity contribution in [3.8, 4) is 11.8 Å². The molecule has 1 N–H and O–H groups in total. The summed E-state index contributed by atoms with van der Waals surface area (Å²) in [5.74, 6) is 5.50. The number of hydrogen-bond donors (Lipinski definition) is 1. The van der Waals surface area contributed by atoms with Crippen LogP contribution < -0.4 is 0 Å². The number of aryl methyl sites for hydroxylation is 1. The summed E-state index contributed by atoms with van der Waals surface area (Å²) in [6, 6.07) is 7.09. The number of aromatic carboxylic acids is 1. The third-order valence-corrected chi connectivity index (χ3v) is 4.89. The van der Waals surface area contributed by atoms with E-state index in [1.54, 1.807) is 18.3 Å². The van der Waals surface area contributed by atoms with Gasteiger partial charge in [-0.2, -0.15) is 0 Å². The Kier molecular flexibility index (Phi) is 5.01. The highest BCUT2D eigenvalue weighted by Crippen LogP contribution is 2.29. The smallest absolute Gasteiger partial charge is 0.336 e. The first-order valence-electron chi connectivity index (χ1n) is 8.44. The van der Waals surface area contributed by atoms with Crippen molar-refractivity contribution in [2.75, 3.05) is 0 Å². The molecule has 3 aromatic rings. The zero-order valence-corrected chi connectivity index (χ0v) is 15.6. The summed E-state index contributed by atoms with van der Waals surface area (Å²) in [5, 5.41) is 10.1. The standard InChI is InChI=1S/C21H19ClN2O2/c1-4-13(2)19-16(14(3)7-9-17(19)21(25)26)10-8-15-12-23-20-18(22)6-5-11-24(15)20/h5-7,9,11-13H,4H2,1-3H3,(H,25,26). The second-order valence-electron chi connectivity index (χ2n) is 6.28. The second kappa shape index (κ2) is 7.23. The third kappa shape index (κ3) is 3.18. The number of carboxylic acid groups (broad SMARTS) is 1. The molecule has 5 heteroatoms. The number of halogens is 1. The molecular formula is C21H19ClN2O2. The highest BCUT2D eigenvalue weighted by molar-refractivity contribution is 6.33. The van der Waals surface area contributed by atoms with E-state index < -0.39 is 5.97 Å². The van der Waals surface area contributed by atoms with Crippen molar-refractivity contribution < 1.29 is 9.90 Å². The molecular weight excluding hydrogens is 348 g/mol. The van der Waals surface area contributed by atoms with Crippen molar-refractivity contribution in [1.82, 2.24) is 9.38 Å². The maximum absolute atomic E-state index is 11.7. The lowest BCUT2D eigenvalue weighted by molar-refractivity contribution is 0.0695. The predicted octanol–water partition coefficient (Wildman–Crippen LogP) is 4.91. The molecule has 0 bridgehead atoms. The van der Waals surface area contributed by atoms with Crippen LogP contribution in [0.4, 0.5) is 0 Å². The SMILES string of the molecule is CCC(C)c1c(C(=O)O)ccc(C)c1C#Cc1cnc2c(Cl)cccn12. The van der Waals surface area contributed by atoms with E-state index in [0.29, 0.717) is 21.9 Å². The van der Waals surface area contributed by atoms with Gasteiger partial charge < -0.3 is 5.11 Å². The van der Waals surface area contributed by atoms with Crippen LogP contribution >= 0.6 is 11.6 Å². The molecule has 0 radical (unpaired) electrons. The Morgan fingerprint density at radius 3 is 2.81 bits per heavy atom. The fraction of sp³-hybridized carbons (Fsp3) is 0.238. The molecule has 4 nitrogen and oxygen atoms in total. The molecule has 0 amide bonds. The number of nitrogens with zero attached hydrogens (tertiary/aromatic N) is 2. The molecule has 132 valence electrons. The number of fused-ring (bicyclic) bond motifs is 1. The normalized spacial score (nSPS) is 11.8. The van der Waals surface area contributed by atoms with E-state index in [1.165, 1.54) is 0 Å². The Labute approximate surface area is 157 Å². The summed E-state index contributed by atoms with van der Waals surface area (Å²) in [4.78, 5) is 16.0. The van der Waals surface area contributed by atoms with Gasteiger partial charge in [0.05, 0.1) is 16.8 Å². The van der Waals surface area contributed by atoms with Gasteiger partial charge in [-0.3, -0.25) is 4.40 Å². The fourth-order valence-electron chi connectivity index (χ4n) is 2.99. The van der Waals surface area contributed by atoms with Crippen molar-refractivity contribution >= 4 is 23.2 Å². The quantitative estimate of drug-likeness (QED) is 0.670. The van der Waals surface area contributed by atoms with Gasteiger partial charge in [0.1, 0.15) is 5.69 Å². The minimum Gasteiger partial charge on any atom is -0.478 e. The first kappa shape index (κ1) is 18.0. The Hall–Kier alpha value is -2.77. The first-order valence-corrected chi connectivity index (χ1v) is 8.82. The van der Waals surface area contributed by atoms with Gasteiger partial charge >= 0.3 is 5.97 Å². The van der Waals surface area contributed by atoms with Gasteiger partial charge in [-0.25, -0.2) is 9.78 Å². The van der Waals surface area contributed by atoms with Crippen molar-refractivity contribution in [2.45, 2.75) is 33.1 Å². The lowest BCUT2D eigenvalue weighted by Crippen LogP contribution is -2.09. The summed E-state index contributed by atoms with van der Waals surface area (Å²) in [6.45, 7) is 6.02. The molecule has 3 rings (SSSR count). The number of carbonyl (C=O) groups is 1. The Bertz CT molecular complexity index is 1060. The van der Waals surface area contributed by atoms with Gasteiger partial charge in [0.25, 0.3) is 0 Å². The van der Waals surface area contributed by atoms with Gasteiger partial charge in [0, 0.05) is 11.8 Å². The van der Waals surface area contributed by atoms with E-state index in [1.807, 2.05) is 43.5 Å². The van der Waals surface area contributed by atoms with Gasteiger partial charge in [-0.05, 0) is 54.5 Å². The number of rotatable bonds is 3. The van der Waals surface area contributed by atoms with E-state index in [-0.39, 0.29) is 5.92 Å². The van der Waals surface area contributed by atoms with E-state index in [0.717, 1.165) is 23.1 Å². The lowest BCUT2D eigenvalue weighted by Gasteiger charge is -2.16. The van der Waals surface area contributed by atoms with Crippen molar-refractivity contribution in [3.05, 3.63) is 69.6 Å². The minimum atomic E-state index is -0.926. The van der Waals surface area contributed by atoms with Crippen LogP contribution in [0.3, 0.4) is 0 Å². The zero-order valence-electron chi connectivity index (χ0n) is 14.9. The molecule has 2 heterocycles. The maximum Gasteiger partial charge on any atom is 0.336 e. The number of benzene rings is 1. The molecule has 0 saturated heterocycles. The molecule has 0 spiro atoms. The molecule has 0 aliphatic carbocycles. The summed E-state index contributed by atoms with van der Waals surface area (Å²) in [5.41, 5.74) is 4.20. The van der Waals surface area contributed by atoms with Crippen LogP contribution in [0.15, 0.2) is 36.7 Å². The van der Waals surface area contributed by atoms with Crippen LogP contribution in [-0.4, -0.2) is 20.5 Å². The maximum atomic E-state index is 11.7. The van der Waals surface area contributed by atoms with Crippen LogP contribution in [0.2, 0.25) is 5.02 Å². The molecule has 0 fully saturated rings. The summed E-state index contributed by atoms with van der Waals surface area (Å²) in [6.07, 6.45) is 4.37. The average molecular weight is 367 g/mol. The van der Waals surface area contributed by atoms with E-state index in [9.17, 15) is 9.90 Å². The van der Waals surface area contributed by atoms with Crippen molar-refractivity contribution in [3.63, 3.8) is 0 Å². The third-order valence-electron chi connectivity index (χ3n) is 4.59. The van der Waals surface area contributed by atoms with Crippen LogP contribution in [0.5, 0.6) is 0 Å². The van der Waals surface area contributed by atoms with Gasteiger partial charge in [-0.15, -0.1) is 0 Å². The largest absolute Gasteiger partial charge is 0.478 e. The zero-order chi connectivity index (χ0) is 18.8. The van der Waals surface area contributed by atoms with Crippen molar-refractivity contribution in [2.24, 2.45) is 0 Å². The van der Waals surface area contributed by atoms with Crippen LogP contribution in [0.25, 0.3) is 5.65 Å². The van der Waals surface area contributed by atoms with Crippen LogP contribution in [0, 0.1) is 18.8 Å². The molecule has 0 aliphatic rings. The highest BCUT2D eigenvalue weighted by Gasteiger charge is 2.19. The lowest BCUT2D eigenvalue weighted by atomic mass is 9.87. The Morgan fingerprint density at radius 1 is 1.35 bits per heavy atom. The molecule has 1 unspecified atom stereocenters. The number of carboxylic acids is 1. The molecule has 0 aliphatic heterocycles. The van der Waals surface area contributed by atoms with E-state index in [2.05, 4.69) is 16.8 Å². The molecule has 1 aromatic carbocycles. The predicted molar refractivity (Wildman–Crippen MR) is 103 cm³/mol. The molecule has 1 atom stereocenters. The number of hydrogen-bond acceptors (Lipinski definition) is 2. The van der Waals surface area contributed by atoms with E-state index in [4.69, 9.17) is 11.6 Å². The second-order valence-corrected chi connectivity index (χ2v) is 6.68. The van der Waals surface area contributed by atoms with Crippen LogP contribution in [-0.2, 0) is 0 Å². The fourth-order valence-corrected chi connectivity index (χ4v) is 3.21. The molecule has 0 saturated carbocycles. The van der Waals surface area contributed by atoms with Gasteiger partial charge in [0.2, 0.25) is 0 Å². The highest BCUT2D eigenvalue weighted by atomic mass is 35.5. The van der Waals surface area contributed by atoms with Gasteiger partial charge in [0.15, 0.2) is 5.65 Å². The minimum absolute atomic E-state index is 0.0990. The number of pyridine rings is 1. The Balaban J connectivity index is 2.19. The molecule has 26 heavy (non-hydrogen) atoms. The summed E-state index contributed by atoms with van der Waals surface area (Å²) in [7, 11) is 0. The number of imidazole rings is 1. The Morgan fingerprint density at radius 2 is 2.12 bits per heavy atom. The molecule has 2 aromatic heterocycles. The summed E-state index contributed by atoms with van der Waals surface area (Å²) < 4.78 is 1.83. The van der Waals surface area contributed by atoms with Crippen LogP contribution in [0.1, 0.15) is 58.9 Å².